The normalized spacial score (nSPS) is 9.50. The van der Waals surface area contributed by atoms with Crippen molar-refractivity contribution in [3.05, 3.63) is 97.7 Å². The third-order valence-electron chi connectivity index (χ3n) is 7.29. The summed E-state index contributed by atoms with van der Waals surface area (Å²) in [6.07, 6.45) is 7.40. The third kappa shape index (κ3) is 29.4. The van der Waals surface area contributed by atoms with Gasteiger partial charge >= 0.3 is 6.09 Å². The second-order valence-electron chi connectivity index (χ2n) is 11.8. The van der Waals surface area contributed by atoms with E-state index in [9.17, 15) is 14.4 Å². The summed E-state index contributed by atoms with van der Waals surface area (Å²) in [6.45, 7) is 24.1. The molecule has 2 amide bonds. The van der Waals surface area contributed by atoms with Gasteiger partial charge < -0.3 is 56.3 Å². The fraction of sp³-hybridized carbons (Fsp3) is 0.444. The molecule has 1 aromatic heterocycles. The molecule has 60 heavy (non-hydrogen) atoms. The van der Waals surface area contributed by atoms with Crippen molar-refractivity contribution < 1.29 is 33.4 Å². The number of nitrogens with two attached hydrogens (primary N) is 3. The Bertz CT molecular complexity index is 1540. The molecule has 3 aromatic rings. The predicted octanol–water partition coefficient (Wildman–Crippen LogP) is 7.11. The molecule has 0 atom stereocenters. The molecular weight excluding hydrogens is 765 g/mol. The Morgan fingerprint density at radius 1 is 0.900 bits per heavy atom. The van der Waals surface area contributed by atoms with Crippen molar-refractivity contribution >= 4 is 30.5 Å². The minimum absolute atomic E-state index is 0.131. The number of carbonyl (C=O) groups excluding carboxylic acids is 4. The Morgan fingerprint density at radius 3 is 1.80 bits per heavy atom. The van der Waals surface area contributed by atoms with Crippen molar-refractivity contribution in [3.63, 3.8) is 0 Å². The minimum atomic E-state index is -0.745. The van der Waals surface area contributed by atoms with Crippen LogP contribution in [0, 0.1) is 0 Å². The van der Waals surface area contributed by atoms with E-state index in [0.717, 1.165) is 83.8 Å². The van der Waals surface area contributed by atoms with Crippen LogP contribution < -0.4 is 22.5 Å². The van der Waals surface area contributed by atoms with Gasteiger partial charge in [0.15, 0.2) is 0 Å². The standard InChI is InChI=1S/C33H46N6O2.C3H6O.C2H5NO2.C2H4O2.C2H6.C2H4.CH5N/c1-6-18-38(4)23-25(3)36-30(21-34)28-14-10-26(11-15-28)27-12-16-29(17-13-27)31-22-35-32(37-31)24-39(19-7-2)33(40)9-8-20-41-5;1-2-3-4;1-5-2(3)4;1-4-2-3;3*1-2/h10-17,21-22,36H,3,6-9,18-20,23-24,34H2,1-2,4-5H3,(H,35,37);3H,2H2,1H3;1H3,(H2,3,4);2H,1H3;1-2H3;1-2H2;2H2,1H3/b30-21-;;;;;;. The van der Waals surface area contributed by atoms with Crippen molar-refractivity contribution in [1.29, 1.82) is 0 Å². The summed E-state index contributed by atoms with van der Waals surface area (Å²) in [4.78, 5) is 52.2. The average Bonchev–Trinajstić information content (AvgIpc) is 3.76. The number of amides is 2. The number of primary amides is 1. The van der Waals surface area contributed by atoms with Gasteiger partial charge in [0.1, 0.15) is 12.1 Å². The van der Waals surface area contributed by atoms with E-state index < -0.39 is 6.09 Å². The van der Waals surface area contributed by atoms with Crippen LogP contribution in [0.1, 0.15) is 78.1 Å². The van der Waals surface area contributed by atoms with Crippen LogP contribution in [-0.2, 0) is 35.1 Å². The van der Waals surface area contributed by atoms with Crippen LogP contribution in [0.15, 0.2) is 86.4 Å². The molecule has 2 aromatic carbocycles. The molecular formula is C45H76N8O7. The van der Waals surface area contributed by atoms with E-state index in [0.29, 0.717) is 39.0 Å². The van der Waals surface area contributed by atoms with Gasteiger partial charge in [0.2, 0.25) is 5.91 Å². The molecule has 0 aliphatic heterocycles. The molecule has 0 aliphatic carbocycles. The lowest BCUT2D eigenvalue weighted by Crippen LogP contribution is -2.31. The molecule has 1 heterocycles. The first-order chi connectivity index (χ1) is 29.0. The van der Waals surface area contributed by atoms with Gasteiger partial charge in [0.05, 0.1) is 38.4 Å². The topological polar surface area (TPSA) is 221 Å². The number of nitrogens with one attached hydrogen (secondary N) is 2. The van der Waals surface area contributed by atoms with E-state index in [1.165, 1.54) is 21.3 Å². The van der Waals surface area contributed by atoms with Gasteiger partial charge in [-0.2, -0.15) is 0 Å². The Balaban J connectivity index is -0.000000699. The molecule has 15 heteroatoms. The maximum Gasteiger partial charge on any atom is 0.404 e. The number of benzene rings is 2. The second kappa shape index (κ2) is 42.8. The molecule has 338 valence electrons. The Morgan fingerprint density at radius 2 is 1.38 bits per heavy atom. The van der Waals surface area contributed by atoms with Gasteiger partial charge in [-0.1, -0.05) is 89.7 Å². The smallest absolute Gasteiger partial charge is 0.404 e. The number of hydrogen-bond donors (Lipinski definition) is 5. The number of methoxy groups -OCH3 is 3. The number of ether oxygens (including phenoxy) is 3. The highest BCUT2D eigenvalue weighted by molar-refractivity contribution is 5.76. The average molecular weight is 841 g/mol. The number of aromatic amines is 1. The maximum atomic E-state index is 12.7. The monoisotopic (exact) mass is 841 g/mol. The van der Waals surface area contributed by atoms with E-state index in [1.807, 2.05) is 31.9 Å². The first-order valence-electron chi connectivity index (χ1n) is 19.9. The van der Waals surface area contributed by atoms with Crippen molar-refractivity contribution in [2.45, 2.75) is 73.3 Å². The minimum Gasteiger partial charge on any atom is -0.471 e. The SMILES string of the molecule is C=C.C=C(CN(C)CCC)N/C(=C\N)c1ccc(-c2ccc(-c3cnc(CN(CCC)C(=O)CCCOC)[nH]3)cc2)cc1.CC.CCC=O.CN.COC(N)=O.COC=O. The van der Waals surface area contributed by atoms with E-state index in [2.05, 4.69) is 130 Å². The summed E-state index contributed by atoms with van der Waals surface area (Å²) in [7, 11) is 7.78. The highest BCUT2D eigenvalue weighted by atomic mass is 16.5. The Hall–Kier alpha value is -5.77. The molecule has 0 saturated heterocycles. The number of aldehydes is 1. The van der Waals surface area contributed by atoms with Crippen molar-refractivity contribution in [2.24, 2.45) is 17.2 Å². The molecule has 0 fully saturated rings. The van der Waals surface area contributed by atoms with Gasteiger partial charge in [-0.15, -0.1) is 13.2 Å². The second-order valence-corrected chi connectivity index (χ2v) is 11.8. The predicted molar refractivity (Wildman–Crippen MR) is 247 cm³/mol. The van der Waals surface area contributed by atoms with Gasteiger partial charge in [0.25, 0.3) is 6.47 Å². The zero-order valence-corrected chi connectivity index (χ0v) is 38.1. The van der Waals surface area contributed by atoms with Crippen molar-refractivity contribution in [1.82, 2.24) is 25.1 Å². The maximum absolute atomic E-state index is 12.7. The summed E-state index contributed by atoms with van der Waals surface area (Å²) >= 11 is 0. The zero-order valence-electron chi connectivity index (χ0n) is 38.1. The lowest BCUT2D eigenvalue weighted by atomic mass is 10.0. The zero-order chi connectivity index (χ0) is 46.7. The van der Waals surface area contributed by atoms with Gasteiger partial charge in [-0.3, -0.25) is 9.59 Å². The lowest BCUT2D eigenvalue weighted by Gasteiger charge is -2.21. The first-order valence-corrected chi connectivity index (χ1v) is 19.9. The van der Waals surface area contributed by atoms with Crippen LogP contribution in [0.2, 0.25) is 0 Å². The number of aromatic nitrogens is 2. The number of H-pyrrole nitrogens is 1. The van der Waals surface area contributed by atoms with Crippen LogP contribution in [0.25, 0.3) is 28.1 Å². The molecule has 0 unspecified atom stereocenters. The Labute approximate surface area is 360 Å². The highest BCUT2D eigenvalue weighted by Gasteiger charge is 2.15. The summed E-state index contributed by atoms with van der Waals surface area (Å²) < 4.78 is 12.8. The van der Waals surface area contributed by atoms with Crippen LogP contribution in [0.3, 0.4) is 0 Å². The van der Waals surface area contributed by atoms with Gasteiger partial charge in [-0.05, 0) is 62.2 Å². The van der Waals surface area contributed by atoms with Crippen LogP contribution >= 0.6 is 0 Å². The lowest BCUT2D eigenvalue weighted by molar-refractivity contribution is -0.132. The first kappa shape index (κ1) is 60.9. The van der Waals surface area contributed by atoms with Crippen LogP contribution in [-0.4, -0.2) is 106 Å². The number of likely N-dealkylation sites (N-methyl/N-ethyl adjacent to an activating group) is 1. The summed E-state index contributed by atoms with van der Waals surface area (Å²) in [6, 6.07) is 16.7. The molecule has 0 saturated carbocycles. The summed E-state index contributed by atoms with van der Waals surface area (Å²) in [5.41, 5.74) is 21.8. The number of imidazole rings is 1. The van der Waals surface area contributed by atoms with Crippen molar-refractivity contribution in [3.8, 4) is 22.4 Å². The Kier molecular flexibility index (Phi) is 43.5. The number of nitrogens with zero attached hydrogens (tertiary/aromatic N) is 3. The van der Waals surface area contributed by atoms with Crippen LogP contribution in [0.5, 0.6) is 0 Å². The van der Waals surface area contributed by atoms with E-state index in [-0.39, 0.29) is 5.91 Å². The fourth-order valence-corrected chi connectivity index (χ4v) is 4.77. The van der Waals surface area contributed by atoms with Crippen LogP contribution in [0.4, 0.5) is 4.79 Å². The molecule has 15 nitrogen and oxygen atoms in total. The molecule has 0 bridgehead atoms. The largest absolute Gasteiger partial charge is 0.471 e. The number of hydrogen-bond acceptors (Lipinski definition) is 12. The van der Waals surface area contributed by atoms with E-state index in [1.54, 1.807) is 13.3 Å². The molecule has 0 aliphatic rings. The number of carbonyl (C=O) groups is 4. The molecule has 8 N–H and O–H groups in total. The van der Waals surface area contributed by atoms with Crippen molar-refractivity contribution in [2.75, 3.05) is 61.7 Å². The highest BCUT2D eigenvalue weighted by Crippen LogP contribution is 2.26. The summed E-state index contributed by atoms with van der Waals surface area (Å²) in [5.74, 6) is 0.914. The fourth-order valence-electron chi connectivity index (χ4n) is 4.77. The van der Waals surface area contributed by atoms with Gasteiger partial charge in [0, 0.05) is 51.5 Å². The van der Waals surface area contributed by atoms with Gasteiger partial charge in [-0.25, -0.2) is 9.78 Å². The third-order valence-corrected chi connectivity index (χ3v) is 7.29. The summed E-state index contributed by atoms with van der Waals surface area (Å²) in [5, 5.41) is 3.36. The van der Waals surface area contributed by atoms with E-state index in [4.69, 9.17) is 15.3 Å². The molecule has 0 radical (unpaired) electrons. The quantitative estimate of drug-likeness (QED) is 0.0463. The van der Waals surface area contributed by atoms with E-state index >= 15 is 0 Å². The molecule has 0 spiro atoms. The molecule has 3 rings (SSSR count). The number of rotatable bonds is 19.